The molecular weight excluding hydrogens is 412 g/mol. The van der Waals surface area contributed by atoms with Crippen LogP contribution in [0.4, 0.5) is 5.69 Å². The molecule has 0 heterocycles. The highest BCUT2D eigenvalue weighted by Gasteiger charge is 2.17. The molecule has 158 valence electrons. The molecule has 2 aromatic rings. The lowest BCUT2D eigenvalue weighted by molar-refractivity contribution is -0.121. The van der Waals surface area contributed by atoms with E-state index in [2.05, 4.69) is 5.32 Å². The molecule has 0 aliphatic carbocycles. The van der Waals surface area contributed by atoms with E-state index in [0.29, 0.717) is 30.3 Å². The van der Waals surface area contributed by atoms with Crippen molar-refractivity contribution < 1.29 is 17.9 Å². The zero-order valence-electron chi connectivity index (χ0n) is 16.9. The van der Waals surface area contributed by atoms with Gasteiger partial charge < -0.3 is 10.1 Å². The zero-order valence-corrected chi connectivity index (χ0v) is 18.5. The molecule has 0 aliphatic heterocycles. The van der Waals surface area contributed by atoms with Crippen LogP contribution in [-0.4, -0.2) is 40.3 Å². The summed E-state index contributed by atoms with van der Waals surface area (Å²) in [4.78, 5) is 12.0. The summed E-state index contributed by atoms with van der Waals surface area (Å²) < 4.78 is 31.1. The number of amides is 1. The third-order valence-corrected chi connectivity index (χ3v) is 5.75. The van der Waals surface area contributed by atoms with Gasteiger partial charge in [0.2, 0.25) is 15.9 Å². The number of nitrogens with one attached hydrogen (secondary N) is 1. The summed E-state index contributed by atoms with van der Waals surface area (Å²) in [5.74, 6) is 0.671. The fraction of sp³-hybridized carbons (Fsp3) is 0.381. The first-order valence-corrected chi connectivity index (χ1v) is 11.6. The zero-order chi connectivity index (χ0) is 21.4. The van der Waals surface area contributed by atoms with E-state index in [-0.39, 0.29) is 18.9 Å². The number of ether oxygens (including phenoxy) is 1. The standard InChI is InChI=1S/C21H27ClN2O4S/c1-16-6-7-17(2)20(15-16)28-14-12-23-21(25)5-4-13-24(29(3,26)27)19-10-8-18(22)9-11-19/h6-11,15H,4-5,12-14H2,1-3H3,(H,23,25). The van der Waals surface area contributed by atoms with E-state index in [1.54, 1.807) is 24.3 Å². The van der Waals surface area contributed by atoms with Crippen molar-refractivity contribution in [1.82, 2.24) is 5.32 Å². The number of rotatable bonds is 10. The van der Waals surface area contributed by atoms with Crippen molar-refractivity contribution in [2.45, 2.75) is 26.7 Å². The second-order valence-corrected chi connectivity index (χ2v) is 9.23. The van der Waals surface area contributed by atoms with Crippen molar-refractivity contribution in [3.63, 3.8) is 0 Å². The van der Waals surface area contributed by atoms with Crippen LogP contribution >= 0.6 is 11.6 Å². The number of aryl methyl sites for hydroxylation is 2. The lowest BCUT2D eigenvalue weighted by Crippen LogP contribution is -2.32. The second kappa shape index (κ2) is 10.5. The van der Waals surface area contributed by atoms with Crippen molar-refractivity contribution in [3.05, 3.63) is 58.6 Å². The number of carbonyl (C=O) groups is 1. The van der Waals surface area contributed by atoms with Gasteiger partial charge in [0.1, 0.15) is 12.4 Å². The number of hydrogen-bond donors (Lipinski definition) is 1. The fourth-order valence-electron chi connectivity index (χ4n) is 2.78. The highest BCUT2D eigenvalue weighted by Crippen LogP contribution is 2.21. The molecule has 0 fully saturated rings. The molecule has 1 N–H and O–H groups in total. The molecule has 0 spiro atoms. The lowest BCUT2D eigenvalue weighted by atomic mass is 10.1. The van der Waals surface area contributed by atoms with Crippen LogP contribution in [0, 0.1) is 13.8 Å². The Morgan fingerprint density at radius 3 is 2.48 bits per heavy atom. The predicted molar refractivity (Wildman–Crippen MR) is 117 cm³/mol. The summed E-state index contributed by atoms with van der Waals surface area (Å²) in [6.45, 7) is 4.95. The minimum Gasteiger partial charge on any atom is -0.491 e. The third kappa shape index (κ3) is 7.59. The molecule has 0 radical (unpaired) electrons. The van der Waals surface area contributed by atoms with Gasteiger partial charge in [-0.3, -0.25) is 9.10 Å². The minimum absolute atomic E-state index is 0.140. The van der Waals surface area contributed by atoms with E-state index >= 15 is 0 Å². The van der Waals surface area contributed by atoms with Crippen LogP contribution in [0.15, 0.2) is 42.5 Å². The predicted octanol–water partition coefficient (Wildman–Crippen LogP) is 3.70. The molecule has 6 nitrogen and oxygen atoms in total. The Morgan fingerprint density at radius 2 is 1.83 bits per heavy atom. The molecular formula is C21H27ClN2O4S. The Hall–Kier alpha value is -2.25. The van der Waals surface area contributed by atoms with Gasteiger partial charge in [-0.25, -0.2) is 8.42 Å². The average molecular weight is 439 g/mol. The van der Waals surface area contributed by atoms with E-state index in [9.17, 15) is 13.2 Å². The van der Waals surface area contributed by atoms with Crippen molar-refractivity contribution in [2.75, 3.05) is 30.3 Å². The molecule has 0 aliphatic rings. The number of hydrogen-bond acceptors (Lipinski definition) is 4. The normalized spacial score (nSPS) is 11.2. The van der Waals surface area contributed by atoms with Crippen LogP contribution in [0.2, 0.25) is 5.02 Å². The van der Waals surface area contributed by atoms with Crippen LogP contribution in [0.5, 0.6) is 5.75 Å². The molecule has 0 saturated carbocycles. The van der Waals surface area contributed by atoms with Gasteiger partial charge in [0.25, 0.3) is 0 Å². The molecule has 1 amide bonds. The Labute approximate surface area is 177 Å². The van der Waals surface area contributed by atoms with Gasteiger partial charge in [0.15, 0.2) is 0 Å². The molecule has 2 aromatic carbocycles. The smallest absolute Gasteiger partial charge is 0.232 e. The number of anilines is 1. The number of benzene rings is 2. The summed E-state index contributed by atoms with van der Waals surface area (Å²) in [7, 11) is -3.45. The van der Waals surface area contributed by atoms with E-state index < -0.39 is 10.0 Å². The van der Waals surface area contributed by atoms with Crippen molar-refractivity contribution in [1.29, 1.82) is 0 Å². The molecule has 0 saturated heterocycles. The van der Waals surface area contributed by atoms with Gasteiger partial charge in [-0.05, 0) is 61.7 Å². The maximum atomic E-state index is 12.1. The maximum Gasteiger partial charge on any atom is 0.232 e. The molecule has 2 rings (SSSR count). The second-order valence-electron chi connectivity index (χ2n) is 6.88. The van der Waals surface area contributed by atoms with E-state index in [1.165, 1.54) is 4.31 Å². The highest BCUT2D eigenvalue weighted by atomic mass is 35.5. The number of nitrogens with zero attached hydrogens (tertiary/aromatic N) is 1. The van der Waals surface area contributed by atoms with Gasteiger partial charge in [-0.2, -0.15) is 0 Å². The molecule has 0 bridgehead atoms. The van der Waals surface area contributed by atoms with Gasteiger partial charge >= 0.3 is 0 Å². The molecule has 0 atom stereocenters. The van der Waals surface area contributed by atoms with Gasteiger partial charge in [-0.1, -0.05) is 23.7 Å². The summed E-state index contributed by atoms with van der Waals surface area (Å²) in [6.07, 6.45) is 1.77. The first-order valence-electron chi connectivity index (χ1n) is 9.37. The van der Waals surface area contributed by atoms with E-state index in [1.807, 2.05) is 32.0 Å². The highest BCUT2D eigenvalue weighted by molar-refractivity contribution is 7.92. The average Bonchev–Trinajstić information content (AvgIpc) is 2.65. The summed E-state index contributed by atoms with van der Waals surface area (Å²) in [5, 5.41) is 3.33. The van der Waals surface area contributed by atoms with E-state index in [4.69, 9.17) is 16.3 Å². The number of sulfonamides is 1. The fourth-order valence-corrected chi connectivity index (χ4v) is 3.87. The van der Waals surface area contributed by atoms with Crippen LogP contribution in [0.3, 0.4) is 0 Å². The number of halogens is 1. The molecule has 8 heteroatoms. The molecule has 29 heavy (non-hydrogen) atoms. The van der Waals surface area contributed by atoms with Crippen LogP contribution in [0.1, 0.15) is 24.0 Å². The molecule has 0 aromatic heterocycles. The summed E-state index contributed by atoms with van der Waals surface area (Å²) in [5.41, 5.74) is 2.69. The van der Waals surface area contributed by atoms with Gasteiger partial charge in [0.05, 0.1) is 18.5 Å². The largest absolute Gasteiger partial charge is 0.491 e. The monoisotopic (exact) mass is 438 g/mol. The SMILES string of the molecule is Cc1ccc(C)c(OCCNC(=O)CCCN(c2ccc(Cl)cc2)S(C)(=O)=O)c1. The topological polar surface area (TPSA) is 75.7 Å². The first-order chi connectivity index (χ1) is 13.7. The summed E-state index contributed by atoms with van der Waals surface area (Å²) in [6, 6.07) is 12.6. The van der Waals surface area contributed by atoms with Crippen molar-refractivity contribution in [2.24, 2.45) is 0 Å². The van der Waals surface area contributed by atoms with Crippen molar-refractivity contribution in [3.8, 4) is 5.75 Å². The Bertz CT molecular complexity index is 930. The van der Waals surface area contributed by atoms with Gasteiger partial charge in [0, 0.05) is 18.0 Å². The van der Waals surface area contributed by atoms with Crippen LogP contribution < -0.4 is 14.4 Å². The maximum absolute atomic E-state index is 12.1. The third-order valence-electron chi connectivity index (χ3n) is 4.31. The quantitative estimate of drug-likeness (QED) is 0.574. The Balaban J connectivity index is 1.76. The van der Waals surface area contributed by atoms with Gasteiger partial charge in [-0.15, -0.1) is 0 Å². The van der Waals surface area contributed by atoms with Crippen LogP contribution in [0.25, 0.3) is 0 Å². The van der Waals surface area contributed by atoms with Crippen LogP contribution in [-0.2, 0) is 14.8 Å². The Kier molecular flexibility index (Phi) is 8.34. The minimum atomic E-state index is -3.45. The van der Waals surface area contributed by atoms with Crippen molar-refractivity contribution >= 4 is 33.2 Å². The number of carbonyl (C=O) groups excluding carboxylic acids is 1. The Morgan fingerprint density at radius 1 is 1.14 bits per heavy atom. The van der Waals surface area contributed by atoms with E-state index in [0.717, 1.165) is 23.1 Å². The molecule has 0 unspecified atom stereocenters. The summed E-state index contributed by atoms with van der Waals surface area (Å²) >= 11 is 5.86. The first kappa shape index (κ1) is 23.0. The lowest BCUT2D eigenvalue weighted by Gasteiger charge is -2.22.